The molecule has 2 aromatic carbocycles. The maximum Gasteiger partial charge on any atom is 0.291 e. The van der Waals surface area contributed by atoms with Gasteiger partial charge in [-0.3, -0.25) is 4.79 Å². The predicted molar refractivity (Wildman–Crippen MR) is 114 cm³/mol. The lowest BCUT2D eigenvalue weighted by Gasteiger charge is -2.26. The number of benzene rings is 2. The molecule has 0 atom stereocenters. The standard InChI is InChI=1S/C22H23FN2O5S/c1-13-4-5-14(2)20-19(13)15(3)21(30-20)22(26)24-16-6-7-17(23)18(12-16)31(27,28)25-8-10-29-11-9-25/h4-7,12H,8-11H2,1-3H3,(H,24,26). The second kappa shape index (κ2) is 8.07. The van der Waals surface area contributed by atoms with Crippen molar-refractivity contribution in [2.24, 2.45) is 0 Å². The summed E-state index contributed by atoms with van der Waals surface area (Å²) in [5.74, 6) is -1.28. The van der Waals surface area contributed by atoms with E-state index in [1.165, 1.54) is 10.4 Å². The molecule has 0 bridgehead atoms. The summed E-state index contributed by atoms with van der Waals surface area (Å²) >= 11 is 0. The van der Waals surface area contributed by atoms with E-state index in [0.29, 0.717) is 11.1 Å². The first-order valence-electron chi connectivity index (χ1n) is 9.88. The quantitative estimate of drug-likeness (QED) is 0.659. The number of anilines is 1. The topological polar surface area (TPSA) is 88.9 Å². The minimum absolute atomic E-state index is 0.134. The van der Waals surface area contributed by atoms with Gasteiger partial charge in [-0.25, -0.2) is 12.8 Å². The average Bonchev–Trinajstić information content (AvgIpc) is 3.11. The molecule has 1 fully saturated rings. The van der Waals surface area contributed by atoms with Gasteiger partial charge in [0.2, 0.25) is 10.0 Å². The van der Waals surface area contributed by atoms with Crippen LogP contribution in [0.15, 0.2) is 39.6 Å². The van der Waals surface area contributed by atoms with Gasteiger partial charge in [-0.15, -0.1) is 0 Å². The number of nitrogens with one attached hydrogen (secondary N) is 1. The highest BCUT2D eigenvalue weighted by molar-refractivity contribution is 7.89. The molecule has 3 aromatic rings. The molecule has 4 rings (SSSR count). The van der Waals surface area contributed by atoms with Crippen molar-refractivity contribution < 1.29 is 26.8 Å². The van der Waals surface area contributed by atoms with Gasteiger partial charge >= 0.3 is 0 Å². The third-order valence-electron chi connectivity index (χ3n) is 5.47. The van der Waals surface area contributed by atoms with Crippen LogP contribution in [0.1, 0.15) is 27.2 Å². The maximum atomic E-state index is 14.4. The van der Waals surface area contributed by atoms with Crippen molar-refractivity contribution in [1.29, 1.82) is 0 Å². The number of carbonyl (C=O) groups is 1. The summed E-state index contributed by atoms with van der Waals surface area (Å²) < 4.78 is 52.3. The molecule has 31 heavy (non-hydrogen) atoms. The first kappa shape index (κ1) is 21.5. The van der Waals surface area contributed by atoms with Gasteiger partial charge in [-0.2, -0.15) is 4.31 Å². The Kier molecular flexibility index (Phi) is 5.59. The van der Waals surface area contributed by atoms with Gasteiger partial charge < -0.3 is 14.5 Å². The van der Waals surface area contributed by atoms with Crippen LogP contribution in [0.4, 0.5) is 10.1 Å². The molecule has 1 aromatic heterocycles. The number of aryl methyl sites for hydroxylation is 3. The van der Waals surface area contributed by atoms with Crippen LogP contribution in [-0.4, -0.2) is 44.9 Å². The molecular weight excluding hydrogens is 423 g/mol. The molecule has 1 amide bonds. The van der Waals surface area contributed by atoms with Crippen molar-refractivity contribution in [1.82, 2.24) is 4.31 Å². The fraction of sp³-hybridized carbons (Fsp3) is 0.318. The Morgan fingerprint density at radius 3 is 2.42 bits per heavy atom. The van der Waals surface area contributed by atoms with Gasteiger partial charge in [0.05, 0.1) is 13.2 Å². The van der Waals surface area contributed by atoms with Crippen LogP contribution < -0.4 is 5.32 Å². The Bertz CT molecular complexity index is 1280. The zero-order valence-corrected chi connectivity index (χ0v) is 18.3. The van der Waals surface area contributed by atoms with Crippen LogP contribution in [0.3, 0.4) is 0 Å². The largest absolute Gasteiger partial charge is 0.450 e. The van der Waals surface area contributed by atoms with E-state index in [4.69, 9.17) is 9.15 Å². The van der Waals surface area contributed by atoms with E-state index >= 15 is 0 Å². The van der Waals surface area contributed by atoms with Crippen molar-refractivity contribution in [2.45, 2.75) is 25.7 Å². The number of rotatable bonds is 4. The summed E-state index contributed by atoms with van der Waals surface area (Å²) in [6, 6.07) is 7.37. The molecule has 0 unspecified atom stereocenters. The molecule has 0 saturated carbocycles. The molecule has 1 N–H and O–H groups in total. The first-order chi connectivity index (χ1) is 14.7. The fourth-order valence-electron chi connectivity index (χ4n) is 3.78. The highest BCUT2D eigenvalue weighted by Gasteiger charge is 2.29. The van der Waals surface area contributed by atoms with Crippen molar-refractivity contribution in [3.63, 3.8) is 0 Å². The number of morpholine rings is 1. The van der Waals surface area contributed by atoms with E-state index in [-0.39, 0.29) is 37.8 Å². The predicted octanol–water partition coefficient (Wildman–Crippen LogP) is 3.77. The number of hydrogen-bond donors (Lipinski definition) is 1. The maximum absolute atomic E-state index is 14.4. The second-order valence-corrected chi connectivity index (χ2v) is 9.48. The third kappa shape index (κ3) is 3.84. The van der Waals surface area contributed by atoms with Gasteiger partial charge in [-0.05, 0) is 50.1 Å². The van der Waals surface area contributed by atoms with Gasteiger partial charge in [0.1, 0.15) is 16.3 Å². The highest BCUT2D eigenvalue weighted by atomic mass is 32.2. The smallest absolute Gasteiger partial charge is 0.291 e. The van der Waals surface area contributed by atoms with Crippen LogP contribution in [0.25, 0.3) is 11.0 Å². The fourth-order valence-corrected chi connectivity index (χ4v) is 5.28. The number of furan rings is 1. The molecule has 0 spiro atoms. The molecule has 9 heteroatoms. The summed E-state index contributed by atoms with van der Waals surface area (Å²) in [7, 11) is -4.05. The normalized spacial score (nSPS) is 15.4. The summed E-state index contributed by atoms with van der Waals surface area (Å²) in [4.78, 5) is 12.4. The van der Waals surface area contributed by atoms with Crippen LogP contribution >= 0.6 is 0 Å². The number of amides is 1. The number of sulfonamides is 1. The minimum Gasteiger partial charge on any atom is -0.450 e. The van der Waals surface area contributed by atoms with Crippen LogP contribution in [-0.2, 0) is 14.8 Å². The number of carbonyl (C=O) groups excluding carboxylic acids is 1. The molecular formula is C22H23FN2O5S. The Hall–Kier alpha value is -2.75. The third-order valence-corrected chi connectivity index (χ3v) is 7.38. The number of hydrogen-bond acceptors (Lipinski definition) is 5. The minimum atomic E-state index is -4.05. The molecule has 1 aliphatic rings. The lowest BCUT2D eigenvalue weighted by molar-refractivity contribution is 0.0729. The van der Waals surface area contributed by atoms with Crippen LogP contribution in [0.2, 0.25) is 0 Å². The van der Waals surface area contributed by atoms with Gasteiger partial charge in [0.15, 0.2) is 5.76 Å². The van der Waals surface area contributed by atoms with Crippen LogP contribution in [0.5, 0.6) is 0 Å². The summed E-state index contributed by atoms with van der Waals surface area (Å²) in [5.41, 5.74) is 3.38. The number of halogens is 1. The van der Waals surface area contributed by atoms with E-state index in [1.807, 2.05) is 26.0 Å². The molecule has 1 saturated heterocycles. The Morgan fingerprint density at radius 2 is 1.74 bits per heavy atom. The SMILES string of the molecule is Cc1ccc(C)c2c(C)c(C(=O)Nc3ccc(F)c(S(=O)(=O)N4CCOCC4)c3)oc12. The lowest BCUT2D eigenvalue weighted by atomic mass is 10.0. The molecule has 0 radical (unpaired) electrons. The second-order valence-electron chi connectivity index (χ2n) is 7.58. The van der Waals surface area contributed by atoms with Gasteiger partial charge in [-0.1, -0.05) is 12.1 Å². The summed E-state index contributed by atoms with van der Waals surface area (Å²) in [5, 5.41) is 3.51. The summed E-state index contributed by atoms with van der Waals surface area (Å²) in [6.45, 7) is 6.43. The first-order valence-corrected chi connectivity index (χ1v) is 11.3. The zero-order chi connectivity index (χ0) is 22.3. The van der Waals surface area contributed by atoms with Crippen LogP contribution in [0, 0.1) is 26.6 Å². The Balaban J connectivity index is 1.66. The Labute approximate surface area is 179 Å². The molecule has 164 valence electrons. The van der Waals surface area contributed by atoms with E-state index < -0.39 is 26.6 Å². The molecule has 1 aliphatic heterocycles. The zero-order valence-electron chi connectivity index (χ0n) is 17.5. The van der Waals surface area contributed by atoms with Crippen molar-refractivity contribution in [2.75, 3.05) is 31.6 Å². The monoisotopic (exact) mass is 446 g/mol. The van der Waals surface area contributed by atoms with E-state index in [1.54, 1.807) is 6.92 Å². The molecule has 7 nitrogen and oxygen atoms in total. The molecule has 2 heterocycles. The van der Waals surface area contributed by atoms with E-state index in [0.717, 1.165) is 28.6 Å². The van der Waals surface area contributed by atoms with E-state index in [9.17, 15) is 17.6 Å². The van der Waals surface area contributed by atoms with Crippen molar-refractivity contribution >= 4 is 32.6 Å². The van der Waals surface area contributed by atoms with Gasteiger partial charge in [0.25, 0.3) is 5.91 Å². The van der Waals surface area contributed by atoms with Crippen molar-refractivity contribution in [3.8, 4) is 0 Å². The van der Waals surface area contributed by atoms with Crippen molar-refractivity contribution in [3.05, 3.63) is 58.6 Å². The Morgan fingerprint density at radius 1 is 1.06 bits per heavy atom. The average molecular weight is 447 g/mol. The summed E-state index contributed by atoms with van der Waals surface area (Å²) in [6.07, 6.45) is 0. The number of ether oxygens (including phenoxy) is 1. The highest BCUT2D eigenvalue weighted by Crippen LogP contribution is 2.31. The number of fused-ring (bicyclic) bond motifs is 1. The van der Waals surface area contributed by atoms with Gasteiger partial charge in [0, 0.05) is 29.7 Å². The van der Waals surface area contributed by atoms with E-state index in [2.05, 4.69) is 5.32 Å². The number of nitrogens with zero attached hydrogens (tertiary/aromatic N) is 1. The lowest BCUT2D eigenvalue weighted by Crippen LogP contribution is -2.40. The molecule has 0 aliphatic carbocycles.